The predicted octanol–water partition coefficient (Wildman–Crippen LogP) is 3.71. The molecule has 0 aliphatic rings. The highest BCUT2D eigenvalue weighted by Crippen LogP contribution is 2.27. The number of amides is 2. The van der Waals surface area contributed by atoms with Crippen molar-refractivity contribution >= 4 is 27.5 Å². The molecule has 7 nitrogen and oxygen atoms in total. The van der Waals surface area contributed by atoms with Gasteiger partial charge in [0.25, 0.3) is 0 Å². The third-order valence-electron chi connectivity index (χ3n) is 6.14. The zero-order valence-corrected chi connectivity index (χ0v) is 22.1. The van der Waals surface area contributed by atoms with Gasteiger partial charge in [0.1, 0.15) is 12.6 Å². The van der Waals surface area contributed by atoms with Gasteiger partial charge in [-0.25, -0.2) is 8.42 Å². The molecular formula is C26H37N3O4S. The number of nitrogens with zero attached hydrogens (tertiary/aromatic N) is 2. The van der Waals surface area contributed by atoms with Crippen LogP contribution in [-0.2, 0) is 26.2 Å². The summed E-state index contributed by atoms with van der Waals surface area (Å²) in [7, 11) is -3.76. The molecule has 0 bridgehead atoms. The molecule has 0 unspecified atom stereocenters. The summed E-state index contributed by atoms with van der Waals surface area (Å²) in [5.74, 6) is -0.711. The summed E-state index contributed by atoms with van der Waals surface area (Å²) in [6.45, 7) is 10.9. The van der Waals surface area contributed by atoms with Gasteiger partial charge in [-0.1, -0.05) is 49.4 Å². The Hall–Kier alpha value is -2.87. The predicted molar refractivity (Wildman–Crippen MR) is 137 cm³/mol. The van der Waals surface area contributed by atoms with E-state index in [1.165, 1.54) is 4.90 Å². The highest BCUT2D eigenvalue weighted by atomic mass is 32.2. The SMILES string of the molecule is CC[C@H](C)NC(=O)[C@H](C)N(Cc1ccccc1C)C(=O)CN(c1c(C)cccc1C)S(C)(=O)=O. The molecule has 0 saturated carbocycles. The topological polar surface area (TPSA) is 86.8 Å². The van der Waals surface area contributed by atoms with Crippen molar-refractivity contribution in [2.75, 3.05) is 17.1 Å². The first-order valence-electron chi connectivity index (χ1n) is 11.5. The van der Waals surface area contributed by atoms with E-state index in [1.807, 2.05) is 77.1 Å². The van der Waals surface area contributed by atoms with Crippen LogP contribution in [0.2, 0.25) is 0 Å². The van der Waals surface area contributed by atoms with Crippen LogP contribution in [-0.4, -0.2) is 50.0 Å². The Morgan fingerprint density at radius 3 is 2.03 bits per heavy atom. The number of carbonyl (C=O) groups excluding carboxylic acids is 2. The maximum absolute atomic E-state index is 13.7. The maximum Gasteiger partial charge on any atom is 0.244 e. The standard InChI is InChI=1S/C26H37N3O4S/c1-8-21(5)27-26(31)22(6)28(16-23-15-10-9-12-18(23)2)24(30)17-29(34(7,32)33)25-19(3)13-11-14-20(25)4/h9-15,21-22H,8,16-17H2,1-7H3,(H,27,31)/t21-,22-/m0/s1. The highest BCUT2D eigenvalue weighted by molar-refractivity contribution is 7.92. The summed E-state index contributed by atoms with van der Waals surface area (Å²) >= 11 is 0. The van der Waals surface area contributed by atoms with Crippen LogP contribution < -0.4 is 9.62 Å². The Morgan fingerprint density at radius 2 is 1.50 bits per heavy atom. The van der Waals surface area contributed by atoms with Gasteiger partial charge in [0, 0.05) is 12.6 Å². The minimum absolute atomic E-state index is 0.0347. The maximum atomic E-state index is 13.7. The molecule has 2 aromatic carbocycles. The quantitative estimate of drug-likeness (QED) is 0.554. The molecule has 186 valence electrons. The summed E-state index contributed by atoms with van der Waals surface area (Å²) in [5, 5.41) is 2.93. The Labute approximate surface area is 204 Å². The Bertz CT molecular complexity index is 1110. The normalized spacial score (nSPS) is 13.1. The summed E-state index contributed by atoms with van der Waals surface area (Å²) in [4.78, 5) is 28.1. The monoisotopic (exact) mass is 487 g/mol. The van der Waals surface area contributed by atoms with E-state index in [-0.39, 0.29) is 18.5 Å². The fourth-order valence-corrected chi connectivity index (χ4v) is 4.76. The smallest absolute Gasteiger partial charge is 0.244 e. The van der Waals surface area contributed by atoms with Crippen LogP contribution >= 0.6 is 0 Å². The summed E-state index contributed by atoms with van der Waals surface area (Å²) < 4.78 is 26.7. The first kappa shape index (κ1) is 27.4. The molecule has 0 saturated heterocycles. The number of hydrogen-bond acceptors (Lipinski definition) is 4. The van der Waals surface area contributed by atoms with Gasteiger partial charge in [-0.15, -0.1) is 0 Å². The second-order valence-corrected chi connectivity index (χ2v) is 10.9. The number of aryl methyl sites for hydroxylation is 3. The highest BCUT2D eigenvalue weighted by Gasteiger charge is 2.31. The van der Waals surface area contributed by atoms with Crippen molar-refractivity contribution in [2.45, 2.75) is 66.6 Å². The molecule has 34 heavy (non-hydrogen) atoms. The average Bonchev–Trinajstić information content (AvgIpc) is 2.76. The Kier molecular flexibility index (Phi) is 9.27. The van der Waals surface area contributed by atoms with E-state index < -0.39 is 28.5 Å². The van der Waals surface area contributed by atoms with Crippen molar-refractivity contribution in [1.82, 2.24) is 10.2 Å². The number of hydrogen-bond donors (Lipinski definition) is 1. The van der Waals surface area contributed by atoms with Crippen LogP contribution in [0.25, 0.3) is 0 Å². The molecule has 8 heteroatoms. The molecule has 0 fully saturated rings. The fraction of sp³-hybridized carbons (Fsp3) is 0.462. The molecule has 0 aliphatic heterocycles. The molecule has 2 amide bonds. The minimum atomic E-state index is -3.76. The number of benzene rings is 2. The first-order chi connectivity index (χ1) is 15.9. The molecule has 0 radical (unpaired) electrons. The largest absolute Gasteiger partial charge is 0.352 e. The number of para-hydroxylation sites is 1. The molecule has 2 aromatic rings. The van der Waals surface area contributed by atoms with E-state index >= 15 is 0 Å². The van der Waals surface area contributed by atoms with Gasteiger partial charge in [-0.2, -0.15) is 0 Å². The van der Waals surface area contributed by atoms with Crippen LogP contribution in [0.15, 0.2) is 42.5 Å². The van der Waals surface area contributed by atoms with E-state index in [0.29, 0.717) is 5.69 Å². The molecule has 0 spiro atoms. The van der Waals surface area contributed by atoms with Crippen molar-refractivity contribution in [3.63, 3.8) is 0 Å². The first-order valence-corrected chi connectivity index (χ1v) is 13.4. The van der Waals surface area contributed by atoms with Crippen molar-refractivity contribution in [2.24, 2.45) is 0 Å². The number of rotatable bonds is 10. The van der Waals surface area contributed by atoms with Gasteiger partial charge in [-0.05, 0) is 63.3 Å². The van der Waals surface area contributed by atoms with E-state index in [9.17, 15) is 18.0 Å². The third kappa shape index (κ3) is 6.82. The number of anilines is 1. The summed E-state index contributed by atoms with van der Waals surface area (Å²) in [6.07, 6.45) is 1.86. The van der Waals surface area contributed by atoms with Crippen LogP contribution in [0, 0.1) is 20.8 Å². The molecule has 1 N–H and O–H groups in total. The molecular weight excluding hydrogens is 450 g/mol. The lowest BCUT2D eigenvalue weighted by Gasteiger charge is -2.33. The van der Waals surface area contributed by atoms with Crippen LogP contribution in [0.4, 0.5) is 5.69 Å². The van der Waals surface area contributed by atoms with Crippen molar-refractivity contribution in [1.29, 1.82) is 0 Å². The lowest BCUT2D eigenvalue weighted by Crippen LogP contribution is -2.52. The van der Waals surface area contributed by atoms with E-state index in [0.717, 1.165) is 39.2 Å². The van der Waals surface area contributed by atoms with Gasteiger partial charge < -0.3 is 10.2 Å². The Morgan fingerprint density at radius 1 is 0.941 bits per heavy atom. The molecule has 2 atom stereocenters. The zero-order valence-electron chi connectivity index (χ0n) is 21.3. The van der Waals surface area contributed by atoms with Crippen molar-refractivity contribution < 1.29 is 18.0 Å². The van der Waals surface area contributed by atoms with Gasteiger partial charge >= 0.3 is 0 Å². The lowest BCUT2D eigenvalue weighted by atomic mass is 10.1. The van der Waals surface area contributed by atoms with Gasteiger partial charge in [0.2, 0.25) is 21.8 Å². The number of sulfonamides is 1. The van der Waals surface area contributed by atoms with E-state index in [1.54, 1.807) is 6.92 Å². The van der Waals surface area contributed by atoms with Crippen molar-refractivity contribution in [3.8, 4) is 0 Å². The minimum Gasteiger partial charge on any atom is -0.352 e. The van der Waals surface area contributed by atoms with Crippen LogP contribution in [0.3, 0.4) is 0 Å². The van der Waals surface area contributed by atoms with Crippen LogP contribution in [0.5, 0.6) is 0 Å². The fourth-order valence-electron chi connectivity index (χ4n) is 3.79. The van der Waals surface area contributed by atoms with Gasteiger partial charge in [0.05, 0.1) is 11.9 Å². The van der Waals surface area contributed by atoms with Crippen LogP contribution in [0.1, 0.15) is 49.4 Å². The zero-order chi connectivity index (χ0) is 25.6. The van der Waals surface area contributed by atoms with E-state index in [2.05, 4.69) is 5.32 Å². The second-order valence-electron chi connectivity index (χ2n) is 8.95. The second kappa shape index (κ2) is 11.5. The average molecular weight is 488 g/mol. The van der Waals surface area contributed by atoms with E-state index in [4.69, 9.17) is 0 Å². The Balaban J connectivity index is 2.46. The molecule has 2 rings (SSSR count). The summed E-state index contributed by atoms with van der Waals surface area (Å²) in [6, 6.07) is 12.3. The number of nitrogens with one attached hydrogen (secondary N) is 1. The number of carbonyl (C=O) groups is 2. The molecule has 0 aromatic heterocycles. The molecule has 0 heterocycles. The summed E-state index contributed by atoms with van der Waals surface area (Å²) in [5.41, 5.74) is 3.89. The van der Waals surface area contributed by atoms with Gasteiger partial charge in [-0.3, -0.25) is 13.9 Å². The third-order valence-corrected chi connectivity index (χ3v) is 7.25. The van der Waals surface area contributed by atoms with Gasteiger partial charge in [0.15, 0.2) is 0 Å². The van der Waals surface area contributed by atoms with Crippen molar-refractivity contribution in [3.05, 3.63) is 64.7 Å². The molecule has 0 aliphatic carbocycles. The lowest BCUT2D eigenvalue weighted by molar-refractivity contribution is -0.139.